The molecule has 1 heterocycles. The fourth-order valence-corrected chi connectivity index (χ4v) is 3.93. The second-order valence-corrected chi connectivity index (χ2v) is 7.81. The van der Waals surface area contributed by atoms with Gasteiger partial charge in [-0.1, -0.05) is 30.7 Å². The van der Waals surface area contributed by atoms with E-state index in [0.29, 0.717) is 53.8 Å². The average molecular weight is 447 g/mol. The summed E-state index contributed by atoms with van der Waals surface area (Å²) in [4.78, 5) is 29.5. The summed E-state index contributed by atoms with van der Waals surface area (Å²) in [6.45, 7) is 3.12. The third kappa shape index (κ3) is 4.62. The van der Waals surface area contributed by atoms with Crippen molar-refractivity contribution >= 4 is 23.4 Å². The van der Waals surface area contributed by atoms with Crippen molar-refractivity contribution in [1.29, 1.82) is 0 Å². The Kier molecular flexibility index (Phi) is 7.08. The molecule has 0 bridgehead atoms. The Bertz CT molecular complexity index is 959. The molecule has 1 saturated heterocycles. The maximum Gasteiger partial charge on any atom is 0.259 e. The largest absolute Gasteiger partial charge is 0.497 e. The molecule has 2 amide bonds. The van der Waals surface area contributed by atoms with E-state index < -0.39 is 5.60 Å². The van der Waals surface area contributed by atoms with Gasteiger partial charge >= 0.3 is 0 Å². The van der Waals surface area contributed by atoms with Crippen LogP contribution < -0.4 is 9.47 Å². The second kappa shape index (κ2) is 9.58. The molecule has 0 aliphatic carbocycles. The van der Waals surface area contributed by atoms with Gasteiger partial charge in [0.15, 0.2) is 5.60 Å². The number of methoxy groups -OCH3 is 2. The van der Waals surface area contributed by atoms with Gasteiger partial charge in [0.05, 0.1) is 19.8 Å². The molecule has 1 atom stereocenters. The number of aliphatic hydroxyl groups is 1. The number of carbonyl (C=O) groups is 2. The molecule has 2 aromatic carbocycles. The summed E-state index contributed by atoms with van der Waals surface area (Å²) in [5.41, 5.74) is -0.753. The molecule has 7 nitrogen and oxygen atoms in total. The maximum atomic E-state index is 13.2. The lowest BCUT2D eigenvalue weighted by atomic mass is 9.89. The van der Waals surface area contributed by atoms with Crippen molar-refractivity contribution < 1.29 is 24.2 Å². The van der Waals surface area contributed by atoms with Crippen LogP contribution in [0.2, 0.25) is 5.02 Å². The van der Waals surface area contributed by atoms with E-state index in [2.05, 4.69) is 0 Å². The summed E-state index contributed by atoms with van der Waals surface area (Å²) in [6.07, 6.45) is 0.217. The van der Waals surface area contributed by atoms with Gasteiger partial charge in [-0.15, -0.1) is 0 Å². The van der Waals surface area contributed by atoms with Crippen molar-refractivity contribution in [3.05, 3.63) is 58.6 Å². The first-order valence-corrected chi connectivity index (χ1v) is 10.5. The van der Waals surface area contributed by atoms with Gasteiger partial charge in [0.1, 0.15) is 11.5 Å². The minimum absolute atomic E-state index is 0.174. The highest BCUT2D eigenvalue weighted by atomic mass is 35.5. The maximum absolute atomic E-state index is 13.2. The first-order chi connectivity index (χ1) is 14.8. The molecule has 0 saturated carbocycles. The standard InChI is InChI=1S/C23H27ClN2O5/c1-4-23(29,16-6-5-7-17(24)14-16)22(28)26-12-10-25(11-13-26)21(27)19-9-8-18(30-2)15-20(19)31-3/h5-9,14-15,29H,4,10-13H2,1-3H3. The van der Waals surface area contributed by atoms with E-state index in [9.17, 15) is 14.7 Å². The topological polar surface area (TPSA) is 79.3 Å². The van der Waals surface area contributed by atoms with Crippen LogP contribution in [-0.2, 0) is 10.4 Å². The Balaban J connectivity index is 1.71. The highest BCUT2D eigenvalue weighted by molar-refractivity contribution is 6.30. The Hall–Kier alpha value is -2.77. The molecule has 1 aliphatic rings. The summed E-state index contributed by atoms with van der Waals surface area (Å²) in [6, 6.07) is 11.8. The van der Waals surface area contributed by atoms with Gasteiger partial charge in [-0.25, -0.2) is 0 Å². The summed E-state index contributed by atoms with van der Waals surface area (Å²) >= 11 is 6.06. The SMILES string of the molecule is CCC(O)(C(=O)N1CCN(C(=O)c2ccc(OC)cc2OC)CC1)c1cccc(Cl)c1. The Morgan fingerprint density at radius 3 is 2.29 bits per heavy atom. The number of amides is 2. The Morgan fingerprint density at radius 2 is 1.71 bits per heavy atom. The molecule has 3 rings (SSSR count). The number of carbonyl (C=O) groups excluding carboxylic acids is 2. The Labute approximate surface area is 187 Å². The predicted molar refractivity (Wildman–Crippen MR) is 118 cm³/mol. The van der Waals surface area contributed by atoms with E-state index in [-0.39, 0.29) is 18.2 Å². The van der Waals surface area contributed by atoms with E-state index in [1.165, 1.54) is 7.11 Å². The van der Waals surface area contributed by atoms with Crippen LogP contribution in [0, 0.1) is 0 Å². The summed E-state index contributed by atoms with van der Waals surface area (Å²) in [7, 11) is 3.05. The normalized spacial score (nSPS) is 15.9. The molecule has 8 heteroatoms. The molecule has 0 spiro atoms. The molecular formula is C23H27ClN2O5. The number of ether oxygens (including phenoxy) is 2. The van der Waals surface area contributed by atoms with Gasteiger partial charge in [0.2, 0.25) is 0 Å². The highest BCUT2D eigenvalue weighted by Gasteiger charge is 2.40. The monoisotopic (exact) mass is 446 g/mol. The zero-order chi connectivity index (χ0) is 22.6. The number of hydrogen-bond donors (Lipinski definition) is 1. The molecule has 2 aromatic rings. The van der Waals surface area contributed by atoms with Gasteiger partial charge in [-0.3, -0.25) is 9.59 Å². The number of halogens is 1. The van der Waals surface area contributed by atoms with E-state index in [4.69, 9.17) is 21.1 Å². The zero-order valence-corrected chi connectivity index (χ0v) is 18.7. The number of piperazine rings is 1. The van der Waals surface area contributed by atoms with Crippen LogP contribution in [0.5, 0.6) is 11.5 Å². The predicted octanol–water partition coefficient (Wildman–Crippen LogP) is 2.94. The van der Waals surface area contributed by atoms with E-state index in [1.54, 1.807) is 66.3 Å². The van der Waals surface area contributed by atoms with Crippen LogP contribution in [0.4, 0.5) is 0 Å². The van der Waals surface area contributed by atoms with Crippen LogP contribution in [0.15, 0.2) is 42.5 Å². The number of rotatable bonds is 6. The lowest BCUT2D eigenvalue weighted by molar-refractivity contribution is -0.154. The van der Waals surface area contributed by atoms with Gasteiger partial charge in [-0.2, -0.15) is 0 Å². The third-order valence-corrected chi connectivity index (χ3v) is 5.90. The Morgan fingerprint density at radius 1 is 1.03 bits per heavy atom. The molecular weight excluding hydrogens is 420 g/mol. The highest BCUT2D eigenvalue weighted by Crippen LogP contribution is 2.30. The van der Waals surface area contributed by atoms with Crippen LogP contribution in [0.3, 0.4) is 0 Å². The lowest BCUT2D eigenvalue weighted by Gasteiger charge is -2.39. The van der Waals surface area contributed by atoms with Crippen molar-refractivity contribution in [3.63, 3.8) is 0 Å². The van der Waals surface area contributed by atoms with Crippen molar-refractivity contribution in [2.75, 3.05) is 40.4 Å². The summed E-state index contributed by atoms with van der Waals surface area (Å²) < 4.78 is 10.5. The molecule has 1 fully saturated rings. The fourth-order valence-electron chi connectivity index (χ4n) is 3.74. The van der Waals surface area contributed by atoms with Crippen molar-refractivity contribution in [2.45, 2.75) is 18.9 Å². The van der Waals surface area contributed by atoms with Crippen LogP contribution in [-0.4, -0.2) is 67.1 Å². The van der Waals surface area contributed by atoms with Gasteiger partial charge in [-0.05, 0) is 36.2 Å². The molecule has 1 unspecified atom stereocenters. The van der Waals surface area contributed by atoms with E-state index >= 15 is 0 Å². The minimum atomic E-state index is -1.66. The zero-order valence-electron chi connectivity index (χ0n) is 17.9. The molecule has 166 valence electrons. The van der Waals surface area contributed by atoms with Crippen LogP contribution >= 0.6 is 11.6 Å². The van der Waals surface area contributed by atoms with Crippen molar-refractivity contribution in [2.24, 2.45) is 0 Å². The van der Waals surface area contributed by atoms with Gasteiger partial charge < -0.3 is 24.4 Å². The quantitative estimate of drug-likeness (QED) is 0.738. The van der Waals surface area contributed by atoms with Gasteiger partial charge in [0, 0.05) is 37.3 Å². The minimum Gasteiger partial charge on any atom is -0.497 e. The molecule has 31 heavy (non-hydrogen) atoms. The molecule has 0 aromatic heterocycles. The van der Waals surface area contributed by atoms with Crippen LogP contribution in [0.1, 0.15) is 29.3 Å². The van der Waals surface area contributed by atoms with Gasteiger partial charge in [0.25, 0.3) is 11.8 Å². The van der Waals surface area contributed by atoms with E-state index in [0.717, 1.165) is 0 Å². The molecule has 0 radical (unpaired) electrons. The number of benzene rings is 2. The fraction of sp³-hybridized carbons (Fsp3) is 0.391. The van der Waals surface area contributed by atoms with E-state index in [1.807, 2.05) is 0 Å². The molecule has 1 N–H and O–H groups in total. The van der Waals surface area contributed by atoms with Crippen molar-refractivity contribution in [3.8, 4) is 11.5 Å². The smallest absolute Gasteiger partial charge is 0.259 e. The first kappa shape index (κ1) is 22.9. The number of nitrogens with zero attached hydrogens (tertiary/aromatic N) is 2. The third-order valence-electron chi connectivity index (χ3n) is 5.66. The number of hydrogen-bond acceptors (Lipinski definition) is 5. The lowest BCUT2D eigenvalue weighted by Crippen LogP contribution is -2.55. The average Bonchev–Trinajstić information content (AvgIpc) is 2.82. The second-order valence-electron chi connectivity index (χ2n) is 7.37. The summed E-state index contributed by atoms with van der Waals surface area (Å²) in [5.74, 6) is 0.478. The summed E-state index contributed by atoms with van der Waals surface area (Å²) in [5, 5.41) is 11.6. The van der Waals surface area contributed by atoms with Crippen molar-refractivity contribution in [1.82, 2.24) is 9.80 Å². The van der Waals surface area contributed by atoms with Crippen LogP contribution in [0.25, 0.3) is 0 Å². The first-order valence-electron chi connectivity index (χ1n) is 10.1. The molecule has 1 aliphatic heterocycles.